The van der Waals surface area contributed by atoms with Crippen molar-refractivity contribution in [2.75, 3.05) is 6.61 Å². The van der Waals surface area contributed by atoms with Gasteiger partial charge in [-0.1, -0.05) is 46.9 Å². The number of carbonyl (C=O) groups is 2. The van der Waals surface area contributed by atoms with E-state index in [-0.39, 0.29) is 26.6 Å². The lowest BCUT2D eigenvalue weighted by Gasteiger charge is -2.14. The van der Waals surface area contributed by atoms with Crippen LogP contribution in [0.25, 0.3) is 0 Å². The van der Waals surface area contributed by atoms with Gasteiger partial charge in [0.2, 0.25) is 5.78 Å². The van der Waals surface area contributed by atoms with Crippen LogP contribution in [0, 0.1) is 13.8 Å². The van der Waals surface area contributed by atoms with E-state index in [1.807, 2.05) is 19.9 Å². The Morgan fingerprint density at radius 2 is 1.62 bits per heavy atom. The molecule has 0 radical (unpaired) electrons. The zero-order valence-corrected chi connectivity index (χ0v) is 16.7. The quantitative estimate of drug-likeness (QED) is 0.357. The van der Waals surface area contributed by atoms with E-state index >= 15 is 0 Å². The first-order chi connectivity index (χ1) is 12.2. The lowest BCUT2D eigenvalue weighted by molar-refractivity contribution is -0.148. The molecule has 4 nitrogen and oxygen atoms in total. The van der Waals surface area contributed by atoms with E-state index in [0.29, 0.717) is 5.56 Å². The highest BCUT2D eigenvalue weighted by Crippen LogP contribution is 2.33. The van der Waals surface area contributed by atoms with Crippen LogP contribution in [0.4, 0.5) is 0 Å². The summed E-state index contributed by atoms with van der Waals surface area (Å²) < 4.78 is 10.4. The van der Waals surface area contributed by atoms with Gasteiger partial charge in [-0.15, -0.1) is 0 Å². The number of rotatable bonds is 6. The second-order valence-electron chi connectivity index (χ2n) is 5.78. The largest absolute Gasteiger partial charge is 0.480 e. The first-order valence-electron chi connectivity index (χ1n) is 7.77. The van der Waals surface area contributed by atoms with Gasteiger partial charge in [0.1, 0.15) is 5.75 Å². The number of halogens is 3. The highest BCUT2D eigenvalue weighted by molar-refractivity contribution is 6.43. The molecule has 0 bridgehead atoms. The maximum absolute atomic E-state index is 12.4. The molecule has 0 spiro atoms. The van der Waals surface area contributed by atoms with Crippen molar-refractivity contribution >= 4 is 46.6 Å². The van der Waals surface area contributed by atoms with Crippen molar-refractivity contribution in [1.82, 2.24) is 0 Å². The number of esters is 1. The monoisotopic (exact) mass is 414 g/mol. The molecule has 2 aromatic rings. The maximum Gasteiger partial charge on any atom is 0.344 e. The van der Waals surface area contributed by atoms with Crippen LogP contribution in [0.3, 0.4) is 0 Å². The van der Waals surface area contributed by atoms with Gasteiger partial charge in [0.15, 0.2) is 12.7 Å². The molecule has 0 N–H and O–H groups in total. The molecule has 0 aromatic heterocycles. The summed E-state index contributed by atoms with van der Waals surface area (Å²) in [6, 6.07) is 8.16. The summed E-state index contributed by atoms with van der Waals surface area (Å²) >= 11 is 17.7. The van der Waals surface area contributed by atoms with E-state index in [9.17, 15) is 9.59 Å². The second-order valence-corrected chi connectivity index (χ2v) is 7.00. The molecule has 0 saturated heterocycles. The third-order valence-corrected chi connectivity index (χ3v) is 4.81. The molecule has 7 heteroatoms. The minimum Gasteiger partial charge on any atom is -0.480 e. The fourth-order valence-corrected chi connectivity index (χ4v) is 2.76. The van der Waals surface area contributed by atoms with Crippen LogP contribution in [0.15, 0.2) is 30.3 Å². The number of benzene rings is 2. The van der Waals surface area contributed by atoms with Gasteiger partial charge in [-0.25, -0.2) is 4.79 Å². The van der Waals surface area contributed by atoms with E-state index < -0.39 is 18.7 Å². The number of ketones is 1. The summed E-state index contributed by atoms with van der Waals surface area (Å²) in [4.78, 5) is 24.3. The lowest BCUT2D eigenvalue weighted by atomic mass is 10.0. The zero-order valence-electron chi connectivity index (χ0n) is 14.4. The lowest BCUT2D eigenvalue weighted by Crippen LogP contribution is -2.27. The fraction of sp³-hybridized carbons (Fsp3) is 0.263. The van der Waals surface area contributed by atoms with Gasteiger partial charge in [-0.05, 0) is 44.0 Å². The number of carbonyl (C=O) groups excluding carboxylic acids is 2. The minimum atomic E-state index is -0.933. The smallest absolute Gasteiger partial charge is 0.344 e. The Bertz CT molecular complexity index is 849. The molecule has 0 aliphatic carbocycles. The van der Waals surface area contributed by atoms with Gasteiger partial charge < -0.3 is 9.47 Å². The van der Waals surface area contributed by atoms with Crippen LogP contribution < -0.4 is 4.74 Å². The van der Waals surface area contributed by atoms with Gasteiger partial charge in [-0.3, -0.25) is 4.79 Å². The summed E-state index contributed by atoms with van der Waals surface area (Å²) in [7, 11) is 0. The third kappa shape index (κ3) is 5.13. The maximum atomic E-state index is 12.4. The van der Waals surface area contributed by atoms with Crippen molar-refractivity contribution in [3.8, 4) is 5.75 Å². The van der Waals surface area contributed by atoms with Gasteiger partial charge in [0.25, 0.3) is 0 Å². The van der Waals surface area contributed by atoms with E-state index in [1.165, 1.54) is 19.1 Å². The average molecular weight is 416 g/mol. The van der Waals surface area contributed by atoms with Gasteiger partial charge in [0.05, 0.1) is 15.1 Å². The summed E-state index contributed by atoms with van der Waals surface area (Å²) in [6.07, 6.45) is -0.933. The predicted octanol–water partition coefficient (Wildman–Crippen LogP) is 5.46. The third-order valence-electron chi connectivity index (χ3n) is 3.79. The fourth-order valence-electron chi connectivity index (χ4n) is 2.17. The van der Waals surface area contributed by atoms with Crippen molar-refractivity contribution in [2.24, 2.45) is 0 Å². The second kappa shape index (κ2) is 8.76. The number of ether oxygens (including phenoxy) is 2. The zero-order chi connectivity index (χ0) is 19.4. The van der Waals surface area contributed by atoms with Crippen LogP contribution in [-0.4, -0.2) is 24.5 Å². The predicted molar refractivity (Wildman–Crippen MR) is 103 cm³/mol. The minimum absolute atomic E-state index is 0.200. The standard InChI is InChI=1S/C19H17Cl3O4/c1-10-4-5-13(6-11(10)2)19(24)12(3)26-18(23)9-25-17-8-15(21)14(20)7-16(17)22/h4-8,12H,9H2,1-3H3/t12-/m1/s1. The average Bonchev–Trinajstić information content (AvgIpc) is 2.58. The van der Waals surface area contributed by atoms with E-state index in [2.05, 4.69) is 0 Å². The van der Waals surface area contributed by atoms with Crippen LogP contribution in [0.1, 0.15) is 28.4 Å². The number of hydrogen-bond donors (Lipinski definition) is 0. The van der Waals surface area contributed by atoms with Crippen LogP contribution in [0.5, 0.6) is 5.75 Å². The van der Waals surface area contributed by atoms with Crippen LogP contribution in [-0.2, 0) is 9.53 Å². The molecular weight excluding hydrogens is 399 g/mol. The van der Waals surface area contributed by atoms with Crippen molar-refractivity contribution < 1.29 is 19.1 Å². The number of Topliss-reactive ketones (excluding diaryl/α,β-unsaturated/α-hetero) is 1. The highest BCUT2D eigenvalue weighted by atomic mass is 35.5. The Morgan fingerprint density at radius 3 is 2.27 bits per heavy atom. The molecule has 0 fully saturated rings. The molecule has 0 aliphatic rings. The Kier molecular flexibility index (Phi) is 6.93. The number of aryl methyl sites for hydroxylation is 2. The molecule has 26 heavy (non-hydrogen) atoms. The van der Waals surface area contributed by atoms with Crippen molar-refractivity contribution in [1.29, 1.82) is 0 Å². The highest BCUT2D eigenvalue weighted by Gasteiger charge is 2.20. The van der Waals surface area contributed by atoms with E-state index in [0.717, 1.165) is 11.1 Å². The Morgan fingerprint density at radius 1 is 0.962 bits per heavy atom. The van der Waals surface area contributed by atoms with Crippen molar-refractivity contribution in [3.05, 3.63) is 62.1 Å². The molecule has 0 aliphatic heterocycles. The van der Waals surface area contributed by atoms with E-state index in [4.69, 9.17) is 44.3 Å². The summed E-state index contributed by atoms with van der Waals surface area (Å²) in [5.41, 5.74) is 2.56. The van der Waals surface area contributed by atoms with Crippen LogP contribution in [0.2, 0.25) is 15.1 Å². The van der Waals surface area contributed by atoms with Gasteiger partial charge in [-0.2, -0.15) is 0 Å². The van der Waals surface area contributed by atoms with E-state index in [1.54, 1.807) is 12.1 Å². The van der Waals surface area contributed by atoms with Gasteiger partial charge in [0, 0.05) is 11.6 Å². The molecule has 2 aromatic carbocycles. The van der Waals surface area contributed by atoms with Crippen LogP contribution >= 0.6 is 34.8 Å². The van der Waals surface area contributed by atoms with Crippen molar-refractivity contribution in [2.45, 2.75) is 26.9 Å². The number of hydrogen-bond acceptors (Lipinski definition) is 4. The Balaban J connectivity index is 1.95. The molecule has 138 valence electrons. The molecule has 0 unspecified atom stereocenters. The Labute approximate surface area is 167 Å². The Hall–Kier alpha value is -1.75. The molecule has 1 atom stereocenters. The summed E-state index contributed by atoms with van der Waals surface area (Å²) in [5.74, 6) is -0.781. The van der Waals surface area contributed by atoms with Crippen molar-refractivity contribution in [3.63, 3.8) is 0 Å². The summed E-state index contributed by atoms with van der Waals surface area (Å²) in [6.45, 7) is 4.97. The normalized spacial score (nSPS) is 11.8. The molecule has 0 saturated carbocycles. The molecule has 0 amide bonds. The molecule has 0 heterocycles. The summed E-state index contributed by atoms with van der Waals surface area (Å²) in [5, 5.41) is 0.739. The SMILES string of the molecule is Cc1ccc(C(=O)[C@@H](C)OC(=O)COc2cc(Cl)c(Cl)cc2Cl)cc1C. The molecule has 2 rings (SSSR count). The first-order valence-corrected chi connectivity index (χ1v) is 8.90. The first kappa shape index (κ1) is 20.6. The van der Waals surface area contributed by atoms with Gasteiger partial charge >= 0.3 is 5.97 Å². The topological polar surface area (TPSA) is 52.6 Å². The molecular formula is C19H17Cl3O4.